The average Bonchev–Trinajstić information content (AvgIpc) is 2.59. The molecular weight excluding hydrogens is 308 g/mol. The fourth-order valence-corrected chi connectivity index (χ4v) is 3.94. The molecule has 0 bridgehead atoms. The van der Waals surface area contributed by atoms with Gasteiger partial charge in [0, 0.05) is 21.9 Å². The van der Waals surface area contributed by atoms with Gasteiger partial charge < -0.3 is 8.83 Å². The molecule has 0 saturated heterocycles. The van der Waals surface area contributed by atoms with Gasteiger partial charge in [-0.05, 0) is 35.0 Å². The van der Waals surface area contributed by atoms with Crippen molar-refractivity contribution in [1.29, 1.82) is 0 Å². The van der Waals surface area contributed by atoms with Crippen LogP contribution in [0.3, 0.4) is 0 Å². The van der Waals surface area contributed by atoms with E-state index in [-0.39, 0.29) is 0 Å². The quantitative estimate of drug-likeness (QED) is 0.231. The monoisotopic (exact) mass is 316 g/mol. The van der Waals surface area contributed by atoms with Crippen LogP contribution in [0.2, 0.25) is 5.02 Å². The van der Waals surface area contributed by atoms with Gasteiger partial charge >= 0.3 is 0 Å². The van der Waals surface area contributed by atoms with E-state index in [1.54, 1.807) is 0 Å². The lowest BCUT2D eigenvalue weighted by molar-refractivity contribution is 0.646. The van der Waals surface area contributed by atoms with Gasteiger partial charge in [-0.1, -0.05) is 41.9 Å². The minimum absolute atomic E-state index is 0.621. The zero-order valence-corrected chi connectivity index (χ0v) is 12.6. The SMILES string of the molecule is Clc1ccc2ccc3oc4cccc5ccc6oc1c2c3-c6c54. The Labute approximate surface area is 135 Å². The van der Waals surface area contributed by atoms with Gasteiger partial charge in [0.25, 0.3) is 0 Å². The fraction of sp³-hybridized carbons (Fsp3) is 0. The Kier molecular flexibility index (Phi) is 1.94. The molecular formula is C20H9ClO2. The molecule has 0 aromatic heterocycles. The highest BCUT2D eigenvalue weighted by molar-refractivity contribution is 6.37. The molecule has 0 N–H and O–H groups in total. The van der Waals surface area contributed by atoms with Crippen molar-refractivity contribution in [3.63, 3.8) is 0 Å². The molecule has 108 valence electrons. The molecule has 0 spiro atoms. The van der Waals surface area contributed by atoms with Gasteiger partial charge in [-0.15, -0.1) is 0 Å². The van der Waals surface area contributed by atoms with Crippen LogP contribution in [0.4, 0.5) is 0 Å². The van der Waals surface area contributed by atoms with Crippen LogP contribution in [0.5, 0.6) is 0 Å². The Morgan fingerprint density at radius 1 is 0.609 bits per heavy atom. The highest BCUT2D eigenvalue weighted by Gasteiger charge is 2.24. The second-order valence-corrected chi connectivity index (χ2v) is 6.32. The minimum Gasteiger partial charge on any atom is -0.456 e. The summed E-state index contributed by atoms with van der Waals surface area (Å²) in [4.78, 5) is 0. The molecule has 0 saturated carbocycles. The zero-order valence-electron chi connectivity index (χ0n) is 11.9. The van der Waals surface area contributed by atoms with Crippen molar-refractivity contribution in [2.75, 3.05) is 0 Å². The Hall–Kier alpha value is -2.71. The third kappa shape index (κ3) is 1.31. The average molecular weight is 317 g/mol. The summed E-state index contributed by atoms with van der Waals surface area (Å²) in [5.74, 6) is 0. The molecule has 0 unspecified atom stereocenters. The Balaban J connectivity index is 2.09. The van der Waals surface area contributed by atoms with Crippen molar-refractivity contribution in [2.24, 2.45) is 0 Å². The Morgan fingerprint density at radius 2 is 1.30 bits per heavy atom. The molecule has 4 aromatic rings. The molecule has 0 atom stereocenters. The second kappa shape index (κ2) is 3.79. The van der Waals surface area contributed by atoms with E-state index in [1.807, 2.05) is 36.4 Å². The highest BCUT2D eigenvalue weighted by atomic mass is 35.5. The van der Waals surface area contributed by atoms with Crippen LogP contribution in [0, 0.1) is 0 Å². The summed E-state index contributed by atoms with van der Waals surface area (Å²) in [6.07, 6.45) is 0. The first kappa shape index (κ1) is 11.8. The lowest BCUT2D eigenvalue weighted by atomic mass is 9.90. The molecule has 0 aliphatic carbocycles. The molecule has 2 aliphatic heterocycles. The highest BCUT2D eigenvalue weighted by Crippen LogP contribution is 2.48. The van der Waals surface area contributed by atoms with E-state index in [0.717, 1.165) is 55.0 Å². The van der Waals surface area contributed by atoms with Gasteiger partial charge in [0.05, 0.1) is 5.02 Å². The first-order valence-electron chi connectivity index (χ1n) is 7.48. The largest absolute Gasteiger partial charge is 0.456 e. The molecule has 2 heterocycles. The fourth-order valence-electron chi connectivity index (χ4n) is 3.75. The van der Waals surface area contributed by atoms with Crippen LogP contribution < -0.4 is 0 Å². The second-order valence-electron chi connectivity index (χ2n) is 5.91. The van der Waals surface area contributed by atoms with E-state index >= 15 is 0 Å². The minimum atomic E-state index is 0.621. The van der Waals surface area contributed by atoms with Gasteiger partial charge in [-0.2, -0.15) is 0 Å². The van der Waals surface area contributed by atoms with Crippen molar-refractivity contribution >= 4 is 55.5 Å². The van der Waals surface area contributed by atoms with Gasteiger partial charge in [-0.25, -0.2) is 0 Å². The van der Waals surface area contributed by atoms with Crippen molar-refractivity contribution < 1.29 is 8.83 Å². The standard InChI is InChI=1S/C20H9ClO2/c21-12-7-4-11-6-8-14-19-17(11)20(12)23-15-9-5-10-2-1-3-13(22-14)16(10)18(15)19/h1-9H. The van der Waals surface area contributed by atoms with E-state index in [4.69, 9.17) is 20.4 Å². The molecule has 3 heteroatoms. The third-order valence-corrected chi connectivity index (χ3v) is 5.00. The molecule has 0 amide bonds. The first-order valence-corrected chi connectivity index (χ1v) is 7.86. The predicted octanol–water partition coefficient (Wildman–Crippen LogP) is 6.68. The third-order valence-electron chi connectivity index (χ3n) is 4.70. The number of hydrogen-bond donors (Lipinski definition) is 0. The normalized spacial score (nSPS) is 12.6. The summed E-state index contributed by atoms with van der Waals surface area (Å²) in [6, 6.07) is 18.2. The lowest BCUT2D eigenvalue weighted by Gasteiger charge is -2.19. The van der Waals surface area contributed by atoms with E-state index in [1.165, 1.54) is 0 Å². The first-order chi connectivity index (χ1) is 11.3. The molecule has 23 heavy (non-hydrogen) atoms. The van der Waals surface area contributed by atoms with Crippen LogP contribution in [0.15, 0.2) is 63.4 Å². The van der Waals surface area contributed by atoms with Gasteiger partial charge in [0.15, 0.2) is 5.58 Å². The molecule has 0 fully saturated rings. The van der Waals surface area contributed by atoms with Crippen molar-refractivity contribution in [1.82, 2.24) is 0 Å². The van der Waals surface area contributed by atoms with Crippen molar-refractivity contribution in [3.8, 4) is 11.1 Å². The molecule has 0 radical (unpaired) electrons. The zero-order chi connectivity index (χ0) is 15.1. The molecule has 2 aliphatic rings. The topological polar surface area (TPSA) is 26.3 Å². The summed E-state index contributed by atoms with van der Waals surface area (Å²) in [5, 5.41) is 5.02. The number of rotatable bonds is 0. The van der Waals surface area contributed by atoms with Crippen LogP contribution in [0.25, 0.3) is 55.0 Å². The van der Waals surface area contributed by atoms with E-state index in [9.17, 15) is 0 Å². The van der Waals surface area contributed by atoms with Crippen LogP contribution in [0.1, 0.15) is 0 Å². The maximum Gasteiger partial charge on any atom is 0.154 e. The summed E-state index contributed by atoms with van der Waals surface area (Å²) in [6.45, 7) is 0. The maximum absolute atomic E-state index is 6.40. The summed E-state index contributed by atoms with van der Waals surface area (Å²) in [7, 11) is 0. The van der Waals surface area contributed by atoms with E-state index in [2.05, 4.69) is 18.2 Å². The van der Waals surface area contributed by atoms with Crippen molar-refractivity contribution in [2.45, 2.75) is 0 Å². The Morgan fingerprint density at radius 3 is 2.17 bits per heavy atom. The summed E-state index contributed by atoms with van der Waals surface area (Å²) >= 11 is 6.40. The summed E-state index contributed by atoms with van der Waals surface area (Å²) < 4.78 is 12.4. The van der Waals surface area contributed by atoms with E-state index in [0.29, 0.717) is 5.02 Å². The number of hydrogen-bond acceptors (Lipinski definition) is 2. The van der Waals surface area contributed by atoms with Gasteiger partial charge in [0.1, 0.15) is 16.7 Å². The molecule has 4 aromatic carbocycles. The number of halogens is 1. The van der Waals surface area contributed by atoms with Crippen LogP contribution in [-0.2, 0) is 0 Å². The van der Waals surface area contributed by atoms with E-state index < -0.39 is 0 Å². The summed E-state index contributed by atoms with van der Waals surface area (Å²) in [5.41, 5.74) is 5.49. The van der Waals surface area contributed by atoms with Crippen molar-refractivity contribution in [3.05, 3.63) is 59.6 Å². The predicted molar refractivity (Wildman–Crippen MR) is 93.8 cm³/mol. The molecule has 6 rings (SSSR count). The van der Waals surface area contributed by atoms with Crippen LogP contribution in [-0.4, -0.2) is 0 Å². The van der Waals surface area contributed by atoms with Crippen LogP contribution >= 0.6 is 11.6 Å². The Bertz CT molecular complexity index is 1320. The van der Waals surface area contributed by atoms with Gasteiger partial charge in [0.2, 0.25) is 0 Å². The lowest BCUT2D eigenvalue weighted by Crippen LogP contribution is -1.94. The number of benzene rings is 4. The van der Waals surface area contributed by atoms with Gasteiger partial charge in [-0.3, -0.25) is 0 Å². The smallest absolute Gasteiger partial charge is 0.154 e. The molecule has 2 nitrogen and oxygen atoms in total. The maximum atomic E-state index is 6.40.